The Labute approximate surface area is 209 Å². The summed E-state index contributed by atoms with van der Waals surface area (Å²) in [5.74, 6) is -0.0192. The molecule has 0 saturated carbocycles. The van der Waals surface area contributed by atoms with Crippen LogP contribution in [0.1, 0.15) is 94.9 Å². The van der Waals surface area contributed by atoms with Gasteiger partial charge in [-0.25, -0.2) is 0 Å². The highest BCUT2D eigenvalue weighted by Gasteiger charge is 2.31. The number of rotatable bonds is 11. The standard InChI is InChI=1S/C29H41NO3S/c1-6-21-16-20(15-19(3)22(21)9-8-14-30-27(33)18-31)10-11-25(32)28-23-12-13-29(4,5)17-24(23)26(7-2)34-28/h15-16,31H,6-14,17-18H2,1-5H3,(H,30,33). The Morgan fingerprint density at radius 1 is 1.12 bits per heavy atom. The molecule has 1 aromatic heterocycles. The van der Waals surface area contributed by atoms with E-state index >= 15 is 0 Å². The van der Waals surface area contributed by atoms with Crippen molar-refractivity contribution in [3.05, 3.63) is 55.3 Å². The molecule has 0 aliphatic heterocycles. The van der Waals surface area contributed by atoms with Crippen LogP contribution in [0.5, 0.6) is 0 Å². The number of ketones is 1. The second kappa shape index (κ2) is 11.6. The average molecular weight is 484 g/mol. The molecule has 0 radical (unpaired) electrons. The number of hydrogen-bond acceptors (Lipinski definition) is 4. The molecule has 186 valence electrons. The summed E-state index contributed by atoms with van der Waals surface area (Å²) in [7, 11) is 0. The van der Waals surface area contributed by atoms with Gasteiger partial charge in [0.1, 0.15) is 6.61 Å². The predicted molar refractivity (Wildman–Crippen MR) is 141 cm³/mol. The molecule has 0 saturated heterocycles. The molecule has 0 atom stereocenters. The van der Waals surface area contributed by atoms with Gasteiger partial charge in [-0.05, 0) is 97.1 Å². The van der Waals surface area contributed by atoms with Gasteiger partial charge in [0, 0.05) is 17.8 Å². The van der Waals surface area contributed by atoms with Crippen molar-refractivity contribution in [3.63, 3.8) is 0 Å². The molecule has 1 aliphatic carbocycles. The van der Waals surface area contributed by atoms with Crippen molar-refractivity contribution < 1.29 is 14.7 Å². The van der Waals surface area contributed by atoms with Crippen LogP contribution in [-0.2, 0) is 43.3 Å². The lowest BCUT2D eigenvalue weighted by molar-refractivity contribution is -0.123. The summed E-state index contributed by atoms with van der Waals surface area (Å²) in [6.45, 7) is 11.3. The van der Waals surface area contributed by atoms with Gasteiger partial charge in [0.2, 0.25) is 5.91 Å². The molecule has 0 bridgehead atoms. The van der Waals surface area contributed by atoms with Crippen LogP contribution in [0, 0.1) is 12.3 Å². The van der Waals surface area contributed by atoms with E-state index in [1.165, 1.54) is 38.3 Å². The fraction of sp³-hybridized carbons (Fsp3) is 0.586. The number of benzene rings is 1. The molecule has 2 aromatic rings. The maximum atomic E-state index is 13.3. The fourth-order valence-corrected chi connectivity index (χ4v) is 6.55. The summed E-state index contributed by atoms with van der Waals surface area (Å²) in [6, 6.07) is 4.50. The topological polar surface area (TPSA) is 66.4 Å². The SMILES string of the molecule is CCc1cc(CCC(=O)c2sc(CC)c3c2CCC(C)(C)C3)cc(C)c1CCCNC(=O)CO. The Bertz CT molecular complexity index is 1030. The van der Waals surface area contributed by atoms with Gasteiger partial charge in [0.05, 0.1) is 4.88 Å². The Balaban J connectivity index is 1.68. The van der Waals surface area contributed by atoms with Crippen molar-refractivity contribution in [2.75, 3.05) is 13.2 Å². The van der Waals surface area contributed by atoms with E-state index in [0.29, 0.717) is 24.2 Å². The molecule has 1 heterocycles. The Kier molecular flexibility index (Phi) is 9.11. The zero-order valence-electron chi connectivity index (χ0n) is 21.6. The van der Waals surface area contributed by atoms with Crippen molar-refractivity contribution in [2.45, 2.75) is 92.4 Å². The average Bonchev–Trinajstić information content (AvgIpc) is 3.17. The molecule has 0 spiro atoms. The summed E-state index contributed by atoms with van der Waals surface area (Å²) in [6.07, 6.45) is 8.34. The molecule has 5 heteroatoms. The summed E-state index contributed by atoms with van der Waals surface area (Å²) in [5.41, 5.74) is 8.33. The highest BCUT2D eigenvalue weighted by Crippen LogP contribution is 2.42. The molecule has 1 amide bonds. The fourth-order valence-electron chi connectivity index (χ4n) is 5.27. The molecule has 2 N–H and O–H groups in total. The van der Waals surface area contributed by atoms with Crippen molar-refractivity contribution in [1.82, 2.24) is 5.32 Å². The summed E-state index contributed by atoms with van der Waals surface area (Å²) in [4.78, 5) is 27.0. The van der Waals surface area contributed by atoms with Gasteiger partial charge in [0.15, 0.2) is 5.78 Å². The predicted octanol–water partition coefficient (Wildman–Crippen LogP) is 5.55. The first-order valence-corrected chi connectivity index (χ1v) is 13.7. The van der Waals surface area contributed by atoms with Gasteiger partial charge >= 0.3 is 0 Å². The third-order valence-corrected chi connectivity index (χ3v) is 8.66. The first-order valence-electron chi connectivity index (χ1n) is 12.8. The zero-order valence-corrected chi connectivity index (χ0v) is 22.4. The maximum absolute atomic E-state index is 13.3. The molecule has 0 unspecified atom stereocenters. The molecule has 34 heavy (non-hydrogen) atoms. The molecule has 0 fully saturated rings. The minimum atomic E-state index is -0.460. The van der Waals surface area contributed by atoms with E-state index in [2.05, 4.69) is 52.1 Å². The summed E-state index contributed by atoms with van der Waals surface area (Å²) >= 11 is 1.75. The smallest absolute Gasteiger partial charge is 0.245 e. The largest absolute Gasteiger partial charge is 0.387 e. The third-order valence-electron chi connectivity index (χ3n) is 7.20. The lowest BCUT2D eigenvalue weighted by Gasteiger charge is -2.30. The van der Waals surface area contributed by atoms with E-state index in [1.807, 2.05) is 0 Å². The van der Waals surface area contributed by atoms with Crippen molar-refractivity contribution in [3.8, 4) is 0 Å². The van der Waals surface area contributed by atoms with Crippen molar-refractivity contribution in [2.24, 2.45) is 5.41 Å². The molecule has 1 aromatic carbocycles. The minimum Gasteiger partial charge on any atom is -0.387 e. The molecule has 4 nitrogen and oxygen atoms in total. The number of carbonyl (C=O) groups is 2. The number of thiophene rings is 1. The monoisotopic (exact) mass is 483 g/mol. The van der Waals surface area contributed by atoms with Crippen LogP contribution in [0.25, 0.3) is 0 Å². The lowest BCUT2D eigenvalue weighted by Crippen LogP contribution is -2.27. The Hall–Kier alpha value is -1.98. The summed E-state index contributed by atoms with van der Waals surface area (Å²) in [5, 5.41) is 11.6. The van der Waals surface area contributed by atoms with Crippen molar-refractivity contribution in [1.29, 1.82) is 0 Å². The van der Waals surface area contributed by atoms with Crippen LogP contribution in [0.15, 0.2) is 12.1 Å². The Morgan fingerprint density at radius 3 is 2.56 bits per heavy atom. The molecule has 1 aliphatic rings. The van der Waals surface area contributed by atoms with E-state index < -0.39 is 6.61 Å². The number of aryl methyl sites for hydroxylation is 4. The summed E-state index contributed by atoms with van der Waals surface area (Å²) < 4.78 is 0. The molecular weight excluding hydrogens is 442 g/mol. The first-order chi connectivity index (χ1) is 16.2. The number of fused-ring (bicyclic) bond motifs is 1. The van der Waals surface area contributed by atoms with E-state index in [9.17, 15) is 9.59 Å². The van der Waals surface area contributed by atoms with Crippen molar-refractivity contribution >= 4 is 23.0 Å². The van der Waals surface area contributed by atoms with E-state index in [4.69, 9.17) is 5.11 Å². The normalized spacial score (nSPS) is 14.6. The van der Waals surface area contributed by atoms with Crippen LogP contribution >= 0.6 is 11.3 Å². The van der Waals surface area contributed by atoms with Crippen LogP contribution in [-0.4, -0.2) is 29.9 Å². The second-order valence-electron chi connectivity index (χ2n) is 10.4. The second-order valence-corrected chi connectivity index (χ2v) is 11.5. The van der Waals surface area contributed by atoms with Gasteiger partial charge in [-0.15, -0.1) is 11.3 Å². The number of carbonyl (C=O) groups excluding carboxylic acids is 2. The number of aliphatic hydroxyl groups excluding tert-OH is 1. The van der Waals surface area contributed by atoms with Gasteiger partial charge in [0.25, 0.3) is 0 Å². The van der Waals surface area contributed by atoms with E-state index in [0.717, 1.165) is 56.2 Å². The van der Waals surface area contributed by atoms with Gasteiger partial charge in [-0.2, -0.15) is 0 Å². The van der Waals surface area contributed by atoms with Crippen LogP contribution < -0.4 is 5.32 Å². The maximum Gasteiger partial charge on any atom is 0.245 e. The Morgan fingerprint density at radius 2 is 1.88 bits per heavy atom. The van der Waals surface area contributed by atoms with Crippen LogP contribution in [0.3, 0.4) is 0 Å². The van der Waals surface area contributed by atoms with Gasteiger partial charge < -0.3 is 10.4 Å². The molecule has 3 rings (SSSR count). The zero-order chi connectivity index (χ0) is 24.9. The van der Waals surface area contributed by atoms with E-state index in [1.54, 1.807) is 11.3 Å². The quantitative estimate of drug-likeness (QED) is 0.325. The van der Waals surface area contributed by atoms with Crippen LogP contribution in [0.2, 0.25) is 0 Å². The van der Waals surface area contributed by atoms with E-state index in [-0.39, 0.29) is 5.91 Å². The van der Waals surface area contributed by atoms with Crippen LogP contribution in [0.4, 0.5) is 0 Å². The van der Waals surface area contributed by atoms with Gasteiger partial charge in [-0.3, -0.25) is 9.59 Å². The number of aliphatic hydroxyl groups is 1. The first kappa shape index (κ1) is 26.6. The molecular formula is C29H41NO3S. The minimum absolute atomic E-state index is 0.306. The number of nitrogens with one attached hydrogen (secondary N) is 1. The van der Waals surface area contributed by atoms with Gasteiger partial charge in [-0.1, -0.05) is 39.8 Å². The number of hydrogen-bond donors (Lipinski definition) is 2. The number of amides is 1. The highest BCUT2D eigenvalue weighted by molar-refractivity contribution is 7.14. The number of Topliss-reactive ketones (excluding diaryl/α,β-unsaturated/α-hetero) is 1. The lowest BCUT2D eigenvalue weighted by atomic mass is 9.74. The highest BCUT2D eigenvalue weighted by atomic mass is 32.1. The third kappa shape index (κ3) is 6.37.